The van der Waals surface area contributed by atoms with Crippen molar-refractivity contribution in [3.8, 4) is 5.75 Å². The molecule has 1 amide bonds. The normalized spacial score (nSPS) is 12.1. The standard InChI is InChI=1S/C24H18F3N3O2/c1-32-21-10-6-5-9-16(21)13-20(30-23(31)15-7-3-2-4-8-15)22-28-18-12-11-17(24(25,26)27)14-19(18)29-22/h2-14H,1H3,(H,28,29)(H,30,31)/b20-13+. The highest BCUT2D eigenvalue weighted by Crippen LogP contribution is 2.31. The predicted molar refractivity (Wildman–Crippen MR) is 116 cm³/mol. The number of amides is 1. The monoisotopic (exact) mass is 437 g/mol. The van der Waals surface area contributed by atoms with Gasteiger partial charge in [-0.25, -0.2) is 4.98 Å². The molecule has 8 heteroatoms. The van der Waals surface area contributed by atoms with Gasteiger partial charge in [0.25, 0.3) is 5.91 Å². The Labute approximate surface area is 181 Å². The number of carbonyl (C=O) groups excluding carboxylic acids is 1. The van der Waals surface area contributed by atoms with Crippen molar-refractivity contribution in [3.63, 3.8) is 0 Å². The van der Waals surface area contributed by atoms with Crippen LogP contribution >= 0.6 is 0 Å². The van der Waals surface area contributed by atoms with Crippen LogP contribution < -0.4 is 10.1 Å². The second-order valence-corrected chi connectivity index (χ2v) is 6.94. The molecule has 0 aliphatic rings. The minimum atomic E-state index is -4.48. The average Bonchev–Trinajstić information content (AvgIpc) is 3.22. The van der Waals surface area contributed by atoms with E-state index >= 15 is 0 Å². The van der Waals surface area contributed by atoms with E-state index in [1.54, 1.807) is 60.7 Å². The zero-order valence-corrected chi connectivity index (χ0v) is 16.9. The summed E-state index contributed by atoms with van der Waals surface area (Å²) >= 11 is 0. The summed E-state index contributed by atoms with van der Waals surface area (Å²) in [4.78, 5) is 20.1. The van der Waals surface area contributed by atoms with Crippen LogP contribution in [0.2, 0.25) is 0 Å². The minimum absolute atomic E-state index is 0.203. The van der Waals surface area contributed by atoms with E-state index in [-0.39, 0.29) is 22.9 Å². The quantitative estimate of drug-likeness (QED) is 0.432. The second kappa shape index (κ2) is 8.58. The van der Waals surface area contributed by atoms with E-state index in [1.807, 2.05) is 0 Å². The molecule has 5 nitrogen and oxygen atoms in total. The molecule has 0 aliphatic carbocycles. The maximum atomic E-state index is 13.1. The number of aromatic nitrogens is 2. The van der Waals surface area contributed by atoms with E-state index in [1.165, 1.54) is 13.2 Å². The van der Waals surface area contributed by atoms with Gasteiger partial charge in [-0.1, -0.05) is 36.4 Å². The summed E-state index contributed by atoms with van der Waals surface area (Å²) in [5.74, 6) is 0.395. The smallest absolute Gasteiger partial charge is 0.416 e. The Morgan fingerprint density at radius 2 is 1.75 bits per heavy atom. The molecule has 0 saturated heterocycles. The lowest BCUT2D eigenvalue weighted by atomic mass is 10.1. The van der Waals surface area contributed by atoms with Gasteiger partial charge < -0.3 is 15.0 Å². The molecule has 2 N–H and O–H groups in total. The number of benzene rings is 3. The third kappa shape index (κ3) is 4.49. The summed E-state index contributed by atoms with van der Waals surface area (Å²) in [5.41, 5.74) is 1.13. The summed E-state index contributed by atoms with van der Waals surface area (Å²) in [6, 6.07) is 19.0. The van der Waals surface area contributed by atoms with E-state index in [2.05, 4.69) is 15.3 Å². The predicted octanol–water partition coefficient (Wildman–Crippen LogP) is 5.52. The van der Waals surface area contributed by atoms with Gasteiger partial charge in [0.1, 0.15) is 5.75 Å². The molecule has 1 heterocycles. The number of H-pyrrole nitrogens is 1. The van der Waals surface area contributed by atoms with Crippen LogP contribution in [0.1, 0.15) is 27.3 Å². The molecule has 0 spiro atoms. The number of aromatic amines is 1. The van der Waals surface area contributed by atoms with E-state index in [9.17, 15) is 18.0 Å². The van der Waals surface area contributed by atoms with Gasteiger partial charge >= 0.3 is 6.18 Å². The lowest BCUT2D eigenvalue weighted by Gasteiger charge is -2.10. The summed E-state index contributed by atoms with van der Waals surface area (Å²) in [5, 5.41) is 2.81. The highest BCUT2D eigenvalue weighted by atomic mass is 19.4. The Bertz CT molecular complexity index is 1290. The zero-order valence-electron chi connectivity index (χ0n) is 16.9. The summed E-state index contributed by atoms with van der Waals surface area (Å²) in [7, 11) is 1.52. The molecular formula is C24H18F3N3O2. The number of para-hydroxylation sites is 1. The zero-order chi connectivity index (χ0) is 22.7. The molecule has 162 valence electrons. The van der Waals surface area contributed by atoms with Crippen molar-refractivity contribution in [3.05, 3.63) is 95.3 Å². The van der Waals surface area contributed by atoms with Gasteiger partial charge in [-0.05, 0) is 42.5 Å². The van der Waals surface area contributed by atoms with Crippen LogP contribution in [0, 0.1) is 0 Å². The highest BCUT2D eigenvalue weighted by molar-refractivity contribution is 6.02. The topological polar surface area (TPSA) is 67.0 Å². The first-order valence-electron chi connectivity index (χ1n) is 9.63. The van der Waals surface area contributed by atoms with Crippen molar-refractivity contribution in [2.75, 3.05) is 7.11 Å². The third-order valence-electron chi connectivity index (χ3n) is 4.79. The van der Waals surface area contributed by atoms with E-state index < -0.39 is 11.7 Å². The fourth-order valence-corrected chi connectivity index (χ4v) is 3.20. The maximum Gasteiger partial charge on any atom is 0.416 e. The lowest BCUT2D eigenvalue weighted by Crippen LogP contribution is -2.22. The third-order valence-corrected chi connectivity index (χ3v) is 4.79. The van der Waals surface area contributed by atoms with Crippen LogP contribution in [0.5, 0.6) is 5.75 Å². The molecule has 4 rings (SSSR count). The maximum absolute atomic E-state index is 13.1. The Morgan fingerprint density at radius 3 is 2.47 bits per heavy atom. The molecule has 0 unspecified atom stereocenters. The molecule has 0 atom stereocenters. The van der Waals surface area contributed by atoms with E-state index in [0.29, 0.717) is 22.4 Å². The largest absolute Gasteiger partial charge is 0.496 e. The van der Waals surface area contributed by atoms with Gasteiger partial charge in [0, 0.05) is 11.1 Å². The number of nitrogens with one attached hydrogen (secondary N) is 2. The molecule has 0 saturated carbocycles. The second-order valence-electron chi connectivity index (χ2n) is 6.94. The molecule has 1 aromatic heterocycles. The van der Waals surface area contributed by atoms with Crippen molar-refractivity contribution in [2.45, 2.75) is 6.18 Å². The number of rotatable bonds is 5. The summed E-state index contributed by atoms with van der Waals surface area (Å²) in [6.45, 7) is 0. The molecule has 0 radical (unpaired) electrons. The number of fused-ring (bicyclic) bond motifs is 1. The van der Waals surface area contributed by atoms with Crippen molar-refractivity contribution < 1.29 is 22.7 Å². The number of alkyl halides is 3. The number of ether oxygens (including phenoxy) is 1. The van der Waals surface area contributed by atoms with Crippen LogP contribution in [-0.4, -0.2) is 23.0 Å². The Morgan fingerprint density at radius 1 is 1.03 bits per heavy atom. The molecular weight excluding hydrogens is 419 g/mol. The Hall–Kier alpha value is -4.07. The van der Waals surface area contributed by atoms with Gasteiger partial charge in [0.2, 0.25) is 0 Å². The molecule has 0 aliphatic heterocycles. The molecule has 0 fully saturated rings. The van der Waals surface area contributed by atoms with Crippen molar-refractivity contribution >= 4 is 28.7 Å². The fraction of sp³-hybridized carbons (Fsp3) is 0.0833. The number of carbonyl (C=O) groups is 1. The fourth-order valence-electron chi connectivity index (χ4n) is 3.20. The van der Waals surface area contributed by atoms with Gasteiger partial charge in [-0.15, -0.1) is 0 Å². The van der Waals surface area contributed by atoms with Crippen molar-refractivity contribution in [2.24, 2.45) is 0 Å². The molecule has 4 aromatic rings. The number of halogens is 3. The Balaban J connectivity index is 1.80. The molecule has 0 bridgehead atoms. The van der Waals surface area contributed by atoms with Crippen molar-refractivity contribution in [1.82, 2.24) is 15.3 Å². The highest BCUT2D eigenvalue weighted by Gasteiger charge is 2.30. The number of nitrogens with zero attached hydrogens (tertiary/aromatic N) is 1. The number of hydrogen-bond donors (Lipinski definition) is 2. The number of methoxy groups -OCH3 is 1. The minimum Gasteiger partial charge on any atom is -0.496 e. The van der Waals surface area contributed by atoms with E-state index in [4.69, 9.17) is 4.74 Å². The van der Waals surface area contributed by atoms with Crippen LogP contribution in [0.25, 0.3) is 22.8 Å². The summed E-state index contributed by atoms with van der Waals surface area (Å²) < 4.78 is 44.7. The first-order chi connectivity index (χ1) is 15.3. The average molecular weight is 437 g/mol. The van der Waals surface area contributed by atoms with Gasteiger partial charge in [0.15, 0.2) is 5.82 Å². The number of imidazole rings is 1. The van der Waals surface area contributed by atoms with Crippen LogP contribution in [0.4, 0.5) is 13.2 Å². The molecule has 3 aromatic carbocycles. The Kier molecular flexibility index (Phi) is 5.68. The first kappa shape index (κ1) is 21.2. The van der Waals surface area contributed by atoms with Crippen molar-refractivity contribution in [1.29, 1.82) is 0 Å². The van der Waals surface area contributed by atoms with E-state index in [0.717, 1.165) is 12.1 Å². The number of hydrogen-bond acceptors (Lipinski definition) is 3. The van der Waals surface area contributed by atoms with Crippen LogP contribution in [-0.2, 0) is 6.18 Å². The van der Waals surface area contributed by atoms with Gasteiger partial charge in [-0.2, -0.15) is 13.2 Å². The lowest BCUT2D eigenvalue weighted by molar-refractivity contribution is -0.137. The SMILES string of the molecule is COc1ccccc1/C=C(/NC(=O)c1ccccc1)c1nc2ccc(C(F)(F)F)cc2[nH]1. The van der Waals surface area contributed by atoms with Crippen LogP contribution in [0.15, 0.2) is 72.8 Å². The van der Waals surface area contributed by atoms with Gasteiger partial charge in [0.05, 0.1) is 29.4 Å². The van der Waals surface area contributed by atoms with Gasteiger partial charge in [-0.3, -0.25) is 4.79 Å². The van der Waals surface area contributed by atoms with Crippen LogP contribution in [0.3, 0.4) is 0 Å². The summed E-state index contributed by atoms with van der Waals surface area (Å²) in [6.07, 6.45) is -2.82. The first-order valence-corrected chi connectivity index (χ1v) is 9.63. The molecule has 32 heavy (non-hydrogen) atoms.